The third-order valence-corrected chi connectivity index (χ3v) is 4.74. The van der Waals surface area contributed by atoms with E-state index < -0.39 is 5.91 Å². The highest BCUT2D eigenvalue weighted by Gasteiger charge is 2.17. The van der Waals surface area contributed by atoms with Gasteiger partial charge in [-0.3, -0.25) is 4.79 Å². The maximum atomic E-state index is 12.3. The van der Waals surface area contributed by atoms with Gasteiger partial charge in [0.2, 0.25) is 5.76 Å². The number of nitrogens with zero attached hydrogens (tertiary/aromatic N) is 3. The third-order valence-electron chi connectivity index (χ3n) is 3.69. The van der Waals surface area contributed by atoms with E-state index in [-0.39, 0.29) is 5.76 Å². The second-order valence-corrected chi connectivity index (χ2v) is 6.51. The molecule has 8 heteroatoms. The van der Waals surface area contributed by atoms with Crippen molar-refractivity contribution in [2.45, 2.75) is 13.5 Å². The number of amides is 1. The first-order valence-corrected chi connectivity index (χ1v) is 8.53. The summed E-state index contributed by atoms with van der Waals surface area (Å²) in [5.41, 5.74) is 1.55. The van der Waals surface area contributed by atoms with Crippen LogP contribution in [0.25, 0.3) is 10.2 Å². The molecule has 3 aromatic rings. The standard InChI is InChI=1S/C17H15N3O4S/c1-3-4-20-11-8-12-13(23-6-5-22-12)9-15(11)25-17(20)18-16(21)14-7-10(2)19-24-14/h3,7-9H,1,4-6H2,2H3. The van der Waals surface area contributed by atoms with Crippen molar-refractivity contribution < 1.29 is 18.8 Å². The van der Waals surface area contributed by atoms with Crippen LogP contribution >= 0.6 is 11.3 Å². The molecule has 0 bridgehead atoms. The molecule has 4 rings (SSSR count). The Morgan fingerprint density at radius 1 is 1.36 bits per heavy atom. The van der Waals surface area contributed by atoms with Gasteiger partial charge in [-0.05, 0) is 6.92 Å². The van der Waals surface area contributed by atoms with Crippen LogP contribution in [0.3, 0.4) is 0 Å². The number of hydrogen-bond donors (Lipinski definition) is 0. The van der Waals surface area contributed by atoms with Gasteiger partial charge in [0, 0.05) is 24.7 Å². The number of thiazole rings is 1. The Morgan fingerprint density at radius 2 is 2.12 bits per heavy atom. The van der Waals surface area contributed by atoms with Gasteiger partial charge < -0.3 is 18.6 Å². The molecule has 0 spiro atoms. The van der Waals surface area contributed by atoms with Gasteiger partial charge >= 0.3 is 5.91 Å². The molecule has 0 fully saturated rings. The lowest BCUT2D eigenvalue weighted by molar-refractivity contribution is 0.0962. The van der Waals surface area contributed by atoms with E-state index in [0.29, 0.717) is 41.8 Å². The van der Waals surface area contributed by atoms with Crippen LogP contribution in [0, 0.1) is 6.92 Å². The van der Waals surface area contributed by atoms with Crippen LogP contribution in [0.15, 0.2) is 40.4 Å². The van der Waals surface area contributed by atoms with E-state index in [9.17, 15) is 4.79 Å². The number of carbonyl (C=O) groups excluding carboxylic acids is 1. The van der Waals surface area contributed by atoms with Crippen LogP contribution in [0.1, 0.15) is 16.2 Å². The molecule has 0 saturated carbocycles. The largest absolute Gasteiger partial charge is 0.486 e. The van der Waals surface area contributed by atoms with E-state index in [1.807, 2.05) is 16.7 Å². The fraction of sp³-hybridized carbons (Fsp3) is 0.235. The summed E-state index contributed by atoms with van der Waals surface area (Å²) in [5, 5.41) is 3.72. The first kappa shape index (κ1) is 15.6. The molecular weight excluding hydrogens is 342 g/mol. The lowest BCUT2D eigenvalue weighted by atomic mass is 10.2. The summed E-state index contributed by atoms with van der Waals surface area (Å²) >= 11 is 1.40. The Bertz CT molecular complexity index is 1040. The lowest BCUT2D eigenvalue weighted by Crippen LogP contribution is -2.17. The summed E-state index contributed by atoms with van der Waals surface area (Å²) in [6.45, 7) is 7.09. The molecule has 0 atom stereocenters. The molecule has 1 aromatic carbocycles. The van der Waals surface area contributed by atoms with Crippen LogP contribution in [0.4, 0.5) is 0 Å². The van der Waals surface area contributed by atoms with Crippen molar-refractivity contribution in [2.24, 2.45) is 4.99 Å². The first-order valence-electron chi connectivity index (χ1n) is 7.72. The van der Waals surface area contributed by atoms with E-state index in [1.54, 1.807) is 19.1 Å². The molecule has 0 radical (unpaired) electrons. The summed E-state index contributed by atoms with van der Waals surface area (Å²) in [6.07, 6.45) is 1.76. The Morgan fingerprint density at radius 3 is 2.80 bits per heavy atom. The number of carbonyl (C=O) groups is 1. The van der Waals surface area contributed by atoms with E-state index in [1.165, 1.54) is 11.3 Å². The molecule has 0 saturated heterocycles. The quantitative estimate of drug-likeness (QED) is 0.674. The molecule has 1 amide bonds. The molecular formula is C17H15N3O4S. The van der Waals surface area contributed by atoms with Gasteiger partial charge in [-0.15, -0.1) is 6.58 Å². The molecule has 1 aliphatic heterocycles. The SMILES string of the molecule is C=CCn1c(=NC(=O)c2cc(C)no2)sc2cc3c(cc21)OCCO3. The van der Waals surface area contributed by atoms with E-state index in [2.05, 4.69) is 16.7 Å². The Balaban J connectivity index is 1.87. The number of hydrogen-bond acceptors (Lipinski definition) is 6. The van der Waals surface area contributed by atoms with Crippen molar-refractivity contribution in [1.29, 1.82) is 0 Å². The smallest absolute Gasteiger partial charge is 0.318 e. The lowest BCUT2D eigenvalue weighted by Gasteiger charge is -2.18. The summed E-state index contributed by atoms with van der Waals surface area (Å²) in [6, 6.07) is 5.39. The molecule has 3 heterocycles. The second kappa shape index (κ2) is 6.21. The highest BCUT2D eigenvalue weighted by atomic mass is 32.1. The number of rotatable bonds is 3. The minimum atomic E-state index is -0.470. The van der Waals surface area contributed by atoms with Crippen molar-refractivity contribution in [3.05, 3.63) is 47.1 Å². The average Bonchev–Trinajstić information content (AvgIpc) is 3.18. The Hall–Kier alpha value is -2.87. The number of fused-ring (bicyclic) bond motifs is 2. The van der Waals surface area contributed by atoms with Gasteiger partial charge in [0.15, 0.2) is 16.3 Å². The van der Waals surface area contributed by atoms with Gasteiger partial charge in [0.05, 0.1) is 15.9 Å². The normalized spacial score (nSPS) is 14.0. The maximum absolute atomic E-state index is 12.3. The maximum Gasteiger partial charge on any atom is 0.318 e. The number of allylic oxidation sites excluding steroid dienone is 1. The highest BCUT2D eigenvalue weighted by Crippen LogP contribution is 2.35. The van der Waals surface area contributed by atoms with Crippen molar-refractivity contribution >= 4 is 27.5 Å². The second-order valence-electron chi connectivity index (χ2n) is 5.50. The van der Waals surface area contributed by atoms with E-state index in [4.69, 9.17) is 14.0 Å². The zero-order valence-electron chi connectivity index (χ0n) is 13.5. The van der Waals surface area contributed by atoms with E-state index in [0.717, 1.165) is 10.2 Å². The molecule has 7 nitrogen and oxygen atoms in total. The first-order chi connectivity index (χ1) is 12.2. The van der Waals surface area contributed by atoms with Crippen LogP contribution in [0.2, 0.25) is 0 Å². The molecule has 25 heavy (non-hydrogen) atoms. The number of aromatic nitrogens is 2. The molecule has 0 N–H and O–H groups in total. The topological polar surface area (TPSA) is 78.9 Å². The Kier molecular flexibility index (Phi) is 3.89. The summed E-state index contributed by atoms with van der Waals surface area (Å²) in [5.74, 6) is 1.04. The van der Waals surface area contributed by atoms with Crippen LogP contribution in [-0.4, -0.2) is 28.8 Å². The van der Waals surface area contributed by atoms with Gasteiger partial charge in [-0.1, -0.05) is 22.6 Å². The zero-order valence-corrected chi connectivity index (χ0v) is 14.3. The Labute approximate surface area is 146 Å². The fourth-order valence-electron chi connectivity index (χ4n) is 2.60. The molecule has 0 unspecified atom stereocenters. The van der Waals surface area contributed by atoms with Crippen LogP contribution in [0.5, 0.6) is 11.5 Å². The third kappa shape index (κ3) is 2.85. The summed E-state index contributed by atoms with van der Waals surface area (Å²) in [7, 11) is 0. The zero-order chi connectivity index (χ0) is 17.4. The molecule has 2 aromatic heterocycles. The van der Waals surface area contributed by atoms with Crippen LogP contribution in [-0.2, 0) is 6.54 Å². The summed E-state index contributed by atoms with van der Waals surface area (Å²) < 4.78 is 19.1. The molecule has 0 aliphatic carbocycles. The van der Waals surface area contributed by atoms with E-state index >= 15 is 0 Å². The summed E-state index contributed by atoms with van der Waals surface area (Å²) in [4.78, 5) is 17.1. The average molecular weight is 357 g/mol. The number of benzene rings is 1. The number of aryl methyl sites for hydroxylation is 1. The van der Waals surface area contributed by atoms with Crippen molar-refractivity contribution in [3.63, 3.8) is 0 Å². The number of ether oxygens (including phenoxy) is 2. The van der Waals surface area contributed by atoms with Gasteiger partial charge in [0.25, 0.3) is 0 Å². The van der Waals surface area contributed by atoms with Crippen molar-refractivity contribution in [1.82, 2.24) is 9.72 Å². The van der Waals surface area contributed by atoms with Gasteiger partial charge in [-0.25, -0.2) is 0 Å². The molecule has 128 valence electrons. The predicted molar refractivity (Wildman–Crippen MR) is 92.1 cm³/mol. The minimum absolute atomic E-state index is 0.117. The van der Waals surface area contributed by atoms with Gasteiger partial charge in [0.1, 0.15) is 13.2 Å². The minimum Gasteiger partial charge on any atom is -0.486 e. The predicted octanol–water partition coefficient (Wildman–Crippen LogP) is 2.70. The van der Waals surface area contributed by atoms with Gasteiger partial charge in [-0.2, -0.15) is 4.99 Å². The fourth-order valence-corrected chi connectivity index (χ4v) is 3.65. The molecule has 1 aliphatic rings. The monoisotopic (exact) mass is 357 g/mol. The van der Waals surface area contributed by atoms with Crippen molar-refractivity contribution in [3.8, 4) is 11.5 Å². The highest BCUT2D eigenvalue weighted by molar-refractivity contribution is 7.16. The van der Waals surface area contributed by atoms with Crippen molar-refractivity contribution in [2.75, 3.05) is 13.2 Å². The van der Waals surface area contributed by atoms with Crippen LogP contribution < -0.4 is 14.3 Å².